The Labute approximate surface area is 219 Å². The third kappa shape index (κ3) is 3.16. The third-order valence-corrected chi connectivity index (χ3v) is 15.9. The molecule has 12 atom stereocenters. The molecule has 5 aliphatic rings. The van der Waals surface area contributed by atoms with Crippen molar-refractivity contribution in [2.24, 2.45) is 68.5 Å². The molecule has 0 radical (unpaired) electrons. The van der Waals surface area contributed by atoms with Crippen LogP contribution < -0.4 is 0 Å². The van der Waals surface area contributed by atoms with Crippen molar-refractivity contribution in [3.63, 3.8) is 0 Å². The Morgan fingerprint density at radius 3 is 2.15 bits per heavy atom. The molecule has 5 rings (SSSR count). The molecule has 0 nitrogen and oxygen atoms in total. The van der Waals surface area contributed by atoms with Gasteiger partial charge in [0.05, 0.1) is 0 Å². The van der Waals surface area contributed by atoms with Gasteiger partial charge in [0.1, 0.15) is 0 Å². The second kappa shape index (κ2) is 8.17. The number of rotatable bonds is 2. The molecule has 0 amide bonds. The number of thiol groups is 1. The van der Waals surface area contributed by atoms with Gasteiger partial charge in [-0.25, -0.2) is 0 Å². The summed E-state index contributed by atoms with van der Waals surface area (Å²) in [7, 11) is 0. The Morgan fingerprint density at radius 2 is 1.47 bits per heavy atom. The van der Waals surface area contributed by atoms with E-state index >= 15 is 0 Å². The largest absolute Gasteiger partial charge is 0.175 e. The second-order valence-electron chi connectivity index (χ2n) is 16.1. The highest BCUT2D eigenvalue weighted by atomic mass is 32.1. The minimum Gasteiger partial charge on any atom is -0.175 e. The van der Waals surface area contributed by atoms with Crippen molar-refractivity contribution in [2.45, 2.75) is 138 Å². The van der Waals surface area contributed by atoms with E-state index in [1.54, 1.807) is 0 Å². The highest BCUT2D eigenvalue weighted by Crippen LogP contribution is 2.78. The fourth-order valence-electron chi connectivity index (χ4n) is 12.6. The molecule has 34 heavy (non-hydrogen) atoms. The molecule has 196 valence electrons. The fraction of sp³-hybridized carbons (Fsp3) is 1.00. The van der Waals surface area contributed by atoms with Crippen LogP contribution in [0.2, 0.25) is 0 Å². The Morgan fingerprint density at radius 1 is 0.765 bits per heavy atom. The van der Waals surface area contributed by atoms with Crippen LogP contribution in [-0.4, -0.2) is 5.25 Å². The summed E-state index contributed by atoms with van der Waals surface area (Å²) in [4.78, 5) is 0. The number of hydrogen-bond acceptors (Lipinski definition) is 1. The molecule has 0 spiro atoms. The van der Waals surface area contributed by atoms with E-state index in [1.807, 2.05) is 0 Å². The van der Waals surface area contributed by atoms with Crippen LogP contribution in [0.25, 0.3) is 0 Å². The normalized spacial score (nSPS) is 58.8. The maximum atomic E-state index is 5.26. The Kier molecular flexibility index (Phi) is 6.24. The van der Waals surface area contributed by atoms with Crippen LogP contribution in [-0.2, 0) is 0 Å². The van der Waals surface area contributed by atoms with E-state index in [1.165, 1.54) is 70.6 Å². The number of hydrogen-bond donors (Lipinski definition) is 1. The van der Waals surface area contributed by atoms with Gasteiger partial charge in [0, 0.05) is 5.25 Å². The van der Waals surface area contributed by atoms with Gasteiger partial charge >= 0.3 is 0 Å². The molecule has 0 saturated heterocycles. The van der Waals surface area contributed by atoms with Gasteiger partial charge in [-0.05, 0) is 126 Å². The van der Waals surface area contributed by atoms with Crippen LogP contribution in [0.15, 0.2) is 0 Å². The topological polar surface area (TPSA) is 0 Å². The van der Waals surface area contributed by atoms with E-state index in [4.69, 9.17) is 12.6 Å². The molecule has 2 unspecified atom stereocenters. The van der Waals surface area contributed by atoms with Crippen molar-refractivity contribution in [1.29, 1.82) is 0 Å². The lowest BCUT2D eigenvalue weighted by Gasteiger charge is -2.75. The zero-order valence-corrected chi connectivity index (χ0v) is 25.2. The molecular weight excluding hydrogens is 428 g/mol. The molecule has 1 heteroatoms. The van der Waals surface area contributed by atoms with E-state index in [0.717, 1.165) is 41.4 Å². The minimum absolute atomic E-state index is 0.361. The quantitative estimate of drug-likeness (QED) is 0.369. The van der Waals surface area contributed by atoms with Gasteiger partial charge in [0.25, 0.3) is 0 Å². The maximum absolute atomic E-state index is 5.26. The van der Waals surface area contributed by atoms with Crippen molar-refractivity contribution in [3.05, 3.63) is 0 Å². The van der Waals surface area contributed by atoms with Gasteiger partial charge in [-0.2, -0.15) is 12.6 Å². The first kappa shape index (κ1) is 26.0. The van der Waals surface area contributed by atoms with E-state index in [9.17, 15) is 0 Å². The fourth-order valence-corrected chi connectivity index (χ4v) is 13.0. The van der Waals surface area contributed by atoms with Gasteiger partial charge in [0.2, 0.25) is 0 Å². The zero-order chi connectivity index (χ0) is 24.9. The maximum Gasteiger partial charge on any atom is 0.00736 e. The van der Waals surface area contributed by atoms with Gasteiger partial charge in [-0.3, -0.25) is 0 Å². The molecule has 5 saturated carbocycles. The molecule has 5 aliphatic carbocycles. The Hall–Kier alpha value is 0.350. The Balaban J connectivity index is 1.57. The summed E-state index contributed by atoms with van der Waals surface area (Å²) in [6.07, 6.45) is 16.0. The van der Waals surface area contributed by atoms with Crippen LogP contribution in [0.3, 0.4) is 0 Å². The summed E-state index contributed by atoms with van der Waals surface area (Å²) in [5.41, 5.74) is 2.50. The van der Waals surface area contributed by atoms with Crippen molar-refractivity contribution in [2.75, 3.05) is 0 Å². The summed E-state index contributed by atoms with van der Waals surface area (Å²) in [5, 5.41) is 0.568. The molecule has 0 bridgehead atoms. The van der Waals surface area contributed by atoms with Crippen molar-refractivity contribution >= 4 is 12.6 Å². The molecule has 0 aromatic rings. The van der Waals surface area contributed by atoms with Gasteiger partial charge in [-0.15, -0.1) is 0 Å². The van der Waals surface area contributed by atoms with E-state index < -0.39 is 0 Å². The highest BCUT2D eigenvalue weighted by Gasteiger charge is 2.71. The van der Waals surface area contributed by atoms with E-state index in [2.05, 4.69) is 62.3 Å². The number of fused-ring (bicyclic) bond motifs is 7. The summed E-state index contributed by atoms with van der Waals surface area (Å²) in [5.74, 6) is 6.33. The lowest BCUT2D eigenvalue weighted by molar-refractivity contribution is -0.258. The average Bonchev–Trinajstić information content (AvgIpc) is 2.76. The lowest BCUT2D eigenvalue weighted by atomic mass is 9.30. The van der Waals surface area contributed by atoms with Crippen molar-refractivity contribution < 1.29 is 0 Å². The van der Waals surface area contributed by atoms with Crippen LogP contribution in [0.1, 0.15) is 133 Å². The van der Waals surface area contributed by atoms with Gasteiger partial charge < -0.3 is 0 Å². The predicted octanol–water partition coefficient (Wildman–Crippen LogP) is 10.1. The molecule has 0 heterocycles. The van der Waals surface area contributed by atoms with Crippen molar-refractivity contribution in [1.82, 2.24) is 0 Å². The predicted molar refractivity (Wildman–Crippen MR) is 151 cm³/mol. The lowest BCUT2D eigenvalue weighted by Crippen LogP contribution is -2.68. The van der Waals surface area contributed by atoms with E-state index in [0.29, 0.717) is 32.3 Å². The summed E-state index contributed by atoms with van der Waals surface area (Å²) < 4.78 is 0. The highest BCUT2D eigenvalue weighted by molar-refractivity contribution is 7.81. The molecule has 0 aromatic carbocycles. The van der Waals surface area contributed by atoms with Crippen LogP contribution in [0.4, 0.5) is 0 Å². The summed E-state index contributed by atoms with van der Waals surface area (Å²) in [6.45, 7) is 24.0. The molecule has 0 aromatic heterocycles. The molecule has 0 aliphatic heterocycles. The Bertz CT molecular complexity index is 785. The SMILES string of the molecule is CCCC1CC(S)C(C)(C)[C@@H]2CC[C@]3(C)[C@H](CC[C@@H]4[C@@H]5[C@@H](C)[C@H](C)CC[C@]5(C)CC[C@]43C)[C@@]12C. The van der Waals surface area contributed by atoms with Crippen molar-refractivity contribution in [3.8, 4) is 0 Å². The molecule has 0 N–H and O–H groups in total. The standard InChI is InChI=1S/C33H58S/c1-10-11-23-20-27(34)29(4,5)25-15-17-32(8)26(33(23,25)9)13-12-24-28-22(3)21(2)14-16-30(28,6)18-19-31(24,32)7/h21-28,34H,10-20H2,1-9H3/t21-,22+,23?,24-,25+,26+,27?,28+,30-,31-,32-,33+/m1/s1. The monoisotopic (exact) mass is 486 g/mol. The first-order chi connectivity index (χ1) is 15.8. The first-order valence-electron chi connectivity index (χ1n) is 15.5. The van der Waals surface area contributed by atoms with Crippen LogP contribution in [0, 0.1) is 68.5 Å². The average molecular weight is 487 g/mol. The van der Waals surface area contributed by atoms with Gasteiger partial charge in [0.15, 0.2) is 0 Å². The minimum atomic E-state index is 0.361. The second-order valence-corrected chi connectivity index (χ2v) is 16.8. The summed E-state index contributed by atoms with van der Waals surface area (Å²) >= 11 is 5.26. The van der Waals surface area contributed by atoms with Crippen LogP contribution in [0.5, 0.6) is 0 Å². The zero-order valence-electron chi connectivity index (χ0n) is 24.3. The van der Waals surface area contributed by atoms with Gasteiger partial charge in [-0.1, -0.05) is 75.2 Å². The smallest absolute Gasteiger partial charge is 0.00736 e. The molecule has 5 fully saturated rings. The van der Waals surface area contributed by atoms with E-state index in [-0.39, 0.29) is 0 Å². The third-order valence-electron chi connectivity index (χ3n) is 15.0. The van der Waals surface area contributed by atoms with Crippen LogP contribution >= 0.6 is 12.6 Å². The summed E-state index contributed by atoms with van der Waals surface area (Å²) in [6, 6.07) is 0. The first-order valence-corrected chi connectivity index (χ1v) is 16.0. The molecular formula is C33H58S.